The maximum Gasteiger partial charge on any atom is 0.154 e. The van der Waals surface area contributed by atoms with Crippen LogP contribution < -0.4 is 9.47 Å². The van der Waals surface area contributed by atoms with E-state index in [0.29, 0.717) is 11.5 Å². The largest absolute Gasteiger partial charge is 0.496 e. The Bertz CT molecular complexity index is 420. The van der Waals surface area contributed by atoms with Crippen molar-refractivity contribution >= 4 is 43.5 Å². The third-order valence-corrected chi connectivity index (χ3v) is 3.19. The highest BCUT2D eigenvalue weighted by Crippen LogP contribution is 2.36. The number of nitrogens with zero attached hydrogens (tertiary/aromatic N) is 1. The van der Waals surface area contributed by atoms with E-state index < -0.39 is 5.38 Å². The number of hydrogen-bond acceptors (Lipinski definition) is 3. The molecule has 16 heavy (non-hydrogen) atoms. The molecule has 0 aliphatic rings. The molecule has 0 saturated heterocycles. The van der Waals surface area contributed by atoms with Crippen molar-refractivity contribution in [1.82, 2.24) is 0 Å². The van der Waals surface area contributed by atoms with E-state index in [1.807, 2.05) is 6.07 Å². The number of nitriles is 1. The van der Waals surface area contributed by atoms with Crippen LogP contribution in [0, 0.1) is 11.3 Å². The molecule has 1 unspecified atom stereocenters. The summed E-state index contributed by atoms with van der Waals surface area (Å²) in [6.45, 7) is 0.134. The van der Waals surface area contributed by atoms with Crippen LogP contribution >= 0.6 is 43.5 Å². The summed E-state index contributed by atoms with van der Waals surface area (Å²) in [5.41, 5.74) is 0. The molecule has 1 atom stereocenters. The predicted octanol–water partition coefficient (Wildman–Crippen LogP) is 3.73. The lowest BCUT2D eigenvalue weighted by molar-refractivity contribution is 0.325. The van der Waals surface area contributed by atoms with E-state index in [1.165, 1.54) is 0 Å². The van der Waals surface area contributed by atoms with Gasteiger partial charge in [0.2, 0.25) is 0 Å². The molecule has 0 fully saturated rings. The van der Waals surface area contributed by atoms with Crippen molar-refractivity contribution < 1.29 is 9.47 Å². The van der Waals surface area contributed by atoms with E-state index in [9.17, 15) is 0 Å². The van der Waals surface area contributed by atoms with E-state index in [0.717, 1.165) is 8.95 Å². The van der Waals surface area contributed by atoms with Gasteiger partial charge in [0.05, 0.1) is 22.1 Å². The van der Waals surface area contributed by atoms with Gasteiger partial charge < -0.3 is 9.47 Å². The summed E-state index contributed by atoms with van der Waals surface area (Å²) < 4.78 is 12.0. The normalized spacial score (nSPS) is 11.7. The zero-order valence-electron chi connectivity index (χ0n) is 8.34. The third-order valence-electron chi connectivity index (χ3n) is 1.73. The van der Waals surface area contributed by atoms with E-state index in [1.54, 1.807) is 19.2 Å². The van der Waals surface area contributed by atoms with E-state index in [-0.39, 0.29) is 6.61 Å². The molecule has 0 heterocycles. The van der Waals surface area contributed by atoms with E-state index in [2.05, 4.69) is 31.9 Å². The standard InChI is InChI=1S/C10H8Br2ClNO2/c1-15-9-2-8(12)10(3-7(9)11)16-5-6(13)4-14/h2-3,6H,5H2,1H3. The van der Waals surface area contributed by atoms with Crippen molar-refractivity contribution in [2.24, 2.45) is 0 Å². The van der Waals surface area contributed by atoms with Crippen molar-refractivity contribution in [3.8, 4) is 17.6 Å². The van der Waals surface area contributed by atoms with Gasteiger partial charge in [0.15, 0.2) is 5.38 Å². The first-order valence-corrected chi connectivity index (χ1v) is 6.30. The van der Waals surface area contributed by atoms with Crippen LogP contribution in [0.1, 0.15) is 0 Å². The average molecular weight is 369 g/mol. The van der Waals surface area contributed by atoms with Gasteiger partial charge in [-0.25, -0.2) is 0 Å². The Morgan fingerprint density at radius 1 is 1.38 bits per heavy atom. The smallest absolute Gasteiger partial charge is 0.154 e. The Balaban J connectivity index is 2.82. The molecule has 0 spiro atoms. The van der Waals surface area contributed by atoms with Crippen LogP contribution in [-0.2, 0) is 0 Å². The molecule has 86 valence electrons. The van der Waals surface area contributed by atoms with Gasteiger partial charge >= 0.3 is 0 Å². The molecule has 0 radical (unpaired) electrons. The number of hydrogen-bond donors (Lipinski definition) is 0. The van der Waals surface area contributed by atoms with Gasteiger partial charge in [-0.15, -0.1) is 11.6 Å². The number of methoxy groups -OCH3 is 1. The molecule has 0 amide bonds. The van der Waals surface area contributed by atoms with Gasteiger partial charge in [-0.05, 0) is 44.0 Å². The highest BCUT2D eigenvalue weighted by Gasteiger charge is 2.10. The fraction of sp³-hybridized carbons (Fsp3) is 0.300. The van der Waals surface area contributed by atoms with Crippen LogP contribution in [0.15, 0.2) is 21.1 Å². The Morgan fingerprint density at radius 3 is 2.50 bits per heavy atom. The molecule has 0 aliphatic carbocycles. The maximum absolute atomic E-state index is 8.52. The quantitative estimate of drug-likeness (QED) is 0.760. The summed E-state index contributed by atoms with van der Waals surface area (Å²) in [7, 11) is 1.58. The van der Waals surface area contributed by atoms with Gasteiger partial charge in [0.25, 0.3) is 0 Å². The third kappa shape index (κ3) is 3.55. The predicted molar refractivity (Wildman–Crippen MR) is 69.1 cm³/mol. The first-order valence-electron chi connectivity index (χ1n) is 4.28. The van der Waals surface area contributed by atoms with Crippen molar-refractivity contribution in [2.45, 2.75) is 5.38 Å². The first kappa shape index (κ1) is 13.6. The summed E-state index contributed by atoms with van der Waals surface area (Å²) >= 11 is 12.3. The number of ether oxygens (including phenoxy) is 2. The Hall–Kier alpha value is -0.440. The fourth-order valence-corrected chi connectivity index (χ4v) is 1.96. The second-order valence-corrected chi connectivity index (χ2v) is 5.06. The number of rotatable bonds is 4. The highest BCUT2D eigenvalue weighted by molar-refractivity contribution is 9.11. The Kier molecular flexibility index (Phi) is 5.39. The van der Waals surface area contributed by atoms with Crippen molar-refractivity contribution in [1.29, 1.82) is 5.26 Å². The summed E-state index contributed by atoms with van der Waals surface area (Å²) in [5.74, 6) is 1.30. The van der Waals surface area contributed by atoms with Crippen LogP contribution in [0.5, 0.6) is 11.5 Å². The summed E-state index contributed by atoms with van der Waals surface area (Å²) in [6, 6.07) is 5.41. The molecule has 6 heteroatoms. The van der Waals surface area contributed by atoms with Crippen LogP contribution in [0.3, 0.4) is 0 Å². The van der Waals surface area contributed by atoms with Gasteiger partial charge in [0, 0.05) is 0 Å². The van der Waals surface area contributed by atoms with Gasteiger partial charge in [0.1, 0.15) is 18.1 Å². The molecule has 0 aliphatic heterocycles. The maximum atomic E-state index is 8.52. The zero-order chi connectivity index (χ0) is 12.1. The van der Waals surface area contributed by atoms with Gasteiger partial charge in [-0.3, -0.25) is 0 Å². The second kappa shape index (κ2) is 6.33. The fourth-order valence-electron chi connectivity index (χ4n) is 0.978. The molecule has 1 rings (SSSR count). The minimum atomic E-state index is -0.659. The lowest BCUT2D eigenvalue weighted by atomic mass is 10.3. The van der Waals surface area contributed by atoms with Crippen LogP contribution in [-0.4, -0.2) is 19.1 Å². The molecular formula is C10H8Br2ClNO2. The van der Waals surface area contributed by atoms with Crippen LogP contribution in [0.25, 0.3) is 0 Å². The minimum absolute atomic E-state index is 0.134. The highest BCUT2D eigenvalue weighted by atomic mass is 79.9. The molecule has 3 nitrogen and oxygen atoms in total. The number of alkyl halides is 1. The molecule has 0 N–H and O–H groups in total. The Morgan fingerprint density at radius 2 is 1.94 bits per heavy atom. The molecule has 0 bridgehead atoms. The minimum Gasteiger partial charge on any atom is -0.496 e. The van der Waals surface area contributed by atoms with Gasteiger partial charge in [-0.2, -0.15) is 5.26 Å². The summed E-state index contributed by atoms with van der Waals surface area (Å²) in [6.07, 6.45) is 0. The average Bonchev–Trinajstić information content (AvgIpc) is 2.29. The lowest BCUT2D eigenvalue weighted by Gasteiger charge is -2.11. The lowest BCUT2D eigenvalue weighted by Crippen LogP contribution is -2.09. The first-order chi connectivity index (χ1) is 7.58. The second-order valence-electron chi connectivity index (χ2n) is 2.82. The van der Waals surface area contributed by atoms with Crippen LogP contribution in [0.4, 0.5) is 0 Å². The summed E-state index contributed by atoms with van der Waals surface area (Å²) in [4.78, 5) is 0. The monoisotopic (exact) mass is 367 g/mol. The molecule has 1 aromatic rings. The van der Waals surface area contributed by atoms with Crippen LogP contribution in [0.2, 0.25) is 0 Å². The summed E-state index contributed by atoms with van der Waals surface area (Å²) in [5, 5.41) is 7.86. The molecule has 0 saturated carbocycles. The van der Waals surface area contributed by atoms with E-state index in [4.69, 9.17) is 26.3 Å². The van der Waals surface area contributed by atoms with Crippen molar-refractivity contribution in [2.75, 3.05) is 13.7 Å². The van der Waals surface area contributed by atoms with Gasteiger partial charge in [-0.1, -0.05) is 0 Å². The number of benzene rings is 1. The van der Waals surface area contributed by atoms with E-state index >= 15 is 0 Å². The zero-order valence-corrected chi connectivity index (χ0v) is 12.3. The molecule has 1 aromatic carbocycles. The van der Waals surface area contributed by atoms with Crippen molar-refractivity contribution in [3.05, 3.63) is 21.1 Å². The Labute approximate surface area is 116 Å². The SMILES string of the molecule is COc1cc(Br)c(OCC(Cl)C#N)cc1Br. The molecular weight excluding hydrogens is 361 g/mol. The topological polar surface area (TPSA) is 42.2 Å². The number of halogens is 3. The molecule has 0 aromatic heterocycles. The van der Waals surface area contributed by atoms with Crippen molar-refractivity contribution in [3.63, 3.8) is 0 Å².